The molecule has 1 unspecified atom stereocenters. The Morgan fingerprint density at radius 1 is 0.970 bits per heavy atom. The second-order valence-electron chi connectivity index (χ2n) is 9.16. The average molecular weight is 468 g/mol. The number of nitrogens with zero attached hydrogens (tertiary/aromatic N) is 3. The minimum Gasteiger partial charge on any atom is -0.310 e. The highest BCUT2D eigenvalue weighted by atomic mass is 32.2. The van der Waals surface area contributed by atoms with Crippen LogP contribution in [0.1, 0.15) is 43.7 Å². The summed E-state index contributed by atoms with van der Waals surface area (Å²) in [5.74, 6) is -0.233. The number of anilines is 2. The quantitative estimate of drug-likeness (QED) is 0.692. The smallest absolute Gasteiger partial charge is 0.247 e. The third-order valence-corrected chi connectivity index (χ3v) is 9.09. The summed E-state index contributed by atoms with van der Waals surface area (Å²) in [4.78, 5) is 29.4. The summed E-state index contributed by atoms with van der Waals surface area (Å²) in [6.07, 6.45) is 4.34. The van der Waals surface area contributed by atoms with Crippen molar-refractivity contribution in [3.63, 3.8) is 0 Å². The molecule has 1 saturated heterocycles. The highest BCUT2D eigenvalue weighted by Crippen LogP contribution is 2.33. The van der Waals surface area contributed by atoms with Crippen LogP contribution in [0.3, 0.4) is 0 Å². The minimum atomic E-state index is -3.59. The summed E-state index contributed by atoms with van der Waals surface area (Å²) in [7, 11) is -3.59. The van der Waals surface area contributed by atoms with Gasteiger partial charge in [0, 0.05) is 36.9 Å². The third-order valence-electron chi connectivity index (χ3n) is 7.08. The molecule has 2 amide bonds. The first kappa shape index (κ1) is 22.1. The summed E-state index contributed by atoms with van der Waals surface area (Å²) in [6.45, 7) is 3.06. The van der Waals surface area contributed by atoms with Crippen molar-refractivity contribution in [2.24, 2.45) is 0 Å². The van der Waals surface area contributed by atoms with Gasteiger partial charge in [0.05, 0.1) is 4.90 Å². The predicted octanol–water partition coefficient (Wildman–Crippen LogP) is 3.12. The molecule has 0 aliphatic carbocycles. The molecule has 3 aliphatic rings. The Bertz CT molecular complexity index is 1210. The van der Waals surface area contributed by atoms with E-state index in [4.69, 9.17) is 0 Å². The van der Waals surface area contributed by atoms with E-state index in [0.717, 1.165) is 42.5 Å². The van der Waals surface area contributed by atoms with Crippen LogP contribution >= 0.6 is 0 Å². The Labute approximate surface area is 195 Å². The molecule has 2 aromatic carbocycles. The van der Waals surface area contributed by atoms with Crippen LogP contribution in [0, 0.1) is 0 Å². The zero-order valence-corrected chi connectivity index (χ0v) is 19.7. The topological polar surface area (TPSA) is 78.0 Å². The lowest BCUT2D eigenvalue weighted by molar-refractivity contribution is -0.122. The van der Waals surface area contributed by atoms with Gasteiger partial charge in [0.1, 0.15) is 6.54 Å². The lowest BCUT2D eigenvalue weighted by Gasteiger charge is -2.33. The maximum Gasteiger partial charge on any atom is 0.247 e. The van der Waals surface area contributed by atoms with E-state index in [-0.39, 0.29) is 35.7 Å². The number of piperidine rings is 1. The number of fused-ring (bicyclic) bond motifs is 2. The third kappa shape index (κ3) is 3.95. The molecule has 0 N–H and O–H groups in total. The van der Waals surface area contributed by atoms with Gasteiger partial charge >= 0.3 is 0 Å². The van der Waals surface area contributed by atoms with Crippen LogP contribution in [-0.2, 0) is 32.5 Å². The Kier molecular flexibility index (Phi) is 5.74. The van der Waals surface area contributed by atoms with Crippen molar-refractivity contribution in [2.45, 2.75) is 56.4 Å². The molecule has 2 aromatic rings. The summed E-state index contributed by atoms with van der Waals surface area (Å²) in [5, 5.41) is 0. The molecule has 3 aliphatic heterocycles. The Balaban J connectivity index is 1.40. The molecule has 3 heterocycles. The molecule has 8 heteroatoms. The molecule has 0 aromatic heterocycles. The fraction of sp³-hybridized carbons (Fsp3) is 0.440. The van der Waals surface area contributed by atoms with Gasteiger partial charge in [-0.2, -0.15) is 4.31 Å². The van der Waals surface area contributed by atoms with Gasteiger partial charge in [0.15, 0.2) is 0 Å². The van der Waals surface area contributed by atoms with Crippen LogP contribution in [0.4, 0.5) is 11.4 Å². The van der Waals surface area contributed by atoms with Crippen molar-refractivity contribution in [1.82, 2.24) is 4.31 Å². The Morgan fingerprint density at radius 3 is 2.61 bits per heavy atom. The van der Waals surface area contributed by atoms with Gasteiger partial charge in [0.2, 0.25) is 21.8 Å². The van der Waals surface area contributed by atoms with Crippen LogP contribution in [-0.4, -0.2) is 50.2 Å². The lowest BCUT2D eigenvalue weighted by atomic mass is 10.0. The molecule has 0 radical (unpaired) electrons. The number of carbonyl (C=O) groups excluding carboxylic acids is 2. The maximum absolute atomic E-state index is 13.3. The van der Waals surface area contributed by atoms with Gasteiger partial charge in [-0.15, -0.1) is 0 Å². The first-order valence-corrected chi connectivity index (χ1v) is 13.1. The second kappa shape index (κ2) is 8.57. The lowest BCUT2D eigenvalue weighted by Crippen LogP contribution is -2.44. The van der Waals surface area contributed by atoms with Gasteiger partial charge in [-0.3, -0.25) is 9.59 Å². The van der Waals surface area contributed by atoms with Crippen LogP contribution in [0.15, 0.2) is 47.4 Å². The molecule has 0 saturated carbocycles. The van der Waals surface area contributed by atoms with Crippen LogP contribution in [0.25, 0.3) is 0 Å². The van der Waals surface area contributed by atoms with Crippen molar-refractivity contribution >= 4 is 33.2 Å². The first-order chi connectivity index (χ1) is 15.9. The Morgan fingerprint density at radius 2 is 1.79 bits per heavy atom. The predicted molar refractivity (Wildman–Crippen MR) is 127 cm³/mol. The van der Waals surface area contributed by atoms with E-state index < -0.39 is 10.0 Å². The summed E-state index contributed by atoms with van der Waals surface area (Å²) >= 11 is 0. The number of aryl methyl sites for hydroxylation is 1. The van der Waals surface area contributed by atoms with Gasteiger partial charge in [-0.1, -0.05) is 24.6 Å². The highest BCUT2D eigenvalue weighted by Gasteiger charge is 2.34. The standard InChI is InChI=1S/C25H29N3O4S/c1-18-6-4-5-14-28(18)33(31,32)21-10-11-23-20(16-21)9-12-24(29)27(23)17-25(30)26-15-13-19-7-2-3-8-22(19)26/h2-3,7-8,10-11,16,18H,4-6,9,12-15,17H2,1H3. The van der Waals surface area contributed by atoms with E-state index in [9.17, 15) is 18.0 Å². The van der Waals surface area contributed by atoms with E-state index in [1.165, 1.54) is 4.90 Å². The Hall–Kier alpha value is -2.71. The van der Waals surface area contributed by atoms with E-state index >= 15 is 0 Å². The van der Waals surface area contributed by atoms with Crippen LogP contribution in [0.2, 0.25) is 0 Å². The largest absolute Gasteiger partial charge is 0.310 e. The number of hydrogen-bond donors (Lipinski definition) is 0. The van der Waals surface area contributed by atoms with Crippen molar-refractivity contribution in [1.29, 1.82) is 0 Å². The van der Waals surface area contributed by atoms with Crippen molar-refractivity contribution < 1.29 is 18.0 Å². The molecule has 0 bridgehead atoms. The zero-order chi connectivity index (χ0) is 23.2. The number of hydrogen-bond acceptors (Lipinski definition) is 4. The summed E-state index contributed by atoms with van der Waals surface area (Å²) in [6, 6.07) is 12.8. The molecule has 1 atom stereocenters. The number of benzene rings is 2. The second-order valence-corrected chi connectivity index (χ2v) is 11.0. The molecule has 174 valence electrons. The number of sulfonamides is 1. The molecular weight excluding hydrogens is 438 g/mol. The zero-order valence-electron chi connectivity index (χ0n) is 18.9. The SMILES string of the molecule is CC1CCCCN1S(=O)(=O)c1ccc2c(c1)CCC(=O)N2CC(=O)N1CCc2ccccc21. The summed E-state index contributed by atoms with van der Waals surface area (Å²) in [5.41, 5.74) is 3.48. The normalized spacial score (nSPS) is 21.1. The van der Waals surface area contributed by atoms with Crippen LogP contribution in [0.5, 0.6) is 0 Å². The van der Waals surface area contributed by atoms with E-state index in [1.54, 1.807) is 27.4 Å². The van der Waals surface area contributed by atoms with Crippen molar-refractivity contribution in [2.75, 3.05) is 29.4 Å². The molecule has 33 heavy (non-hydrogen) atoms. The van der Waals surface area contributed by atoms with Crippen molar-refractivity contribution in [3.05, 3.63) is 53.6 Å². The monoisotopic (exact) mass is 467 g/mol. The van der Waals surface area contributed by atoms with E-state index in [2.05, 4.69) is 0 Å². The number of rotatable bonds is 4. The highest BCUT2D eigenvalue weighted by molar-refractivity contribution is 7.89. The maximum atomic E-state index is 13.3. The number of para-hydroxylation sites is 1. The number of amides is 2. The molecule has 1 fully saturated rings. The first-order valence-electron chi connectivity index (χ1n) is 11.7. The fourth-order valence-electron chi connectivity index (χ4n) is 5.25. The fourth-order valence-corrected chi connectivity index (χ4v) is 7.00. The van der Waals surface area contributed by atoms with Gasteiger partial charge in [-0.05, 0) is 68.0 Å². The van der Waals surface area contributed by atoms with Gasteiger partial charge < -0.3 is 9.80 Å². The number of carbonyl (C=O) groups is 2. The molecule has 5 rings (SSSR count). The summed E-state index contributed by atoms with van der Waals surface area (Å²) < 4.78 is 28.2. The van der Waals surface area contributed by atoms with E-state index in [0.29, 0.717) is 25.2 Å². The molecule has 7 nitrogen and oxygen atoms in total. The van der Waals surface area contributed by atoms with Gasteiger partial charge in [0.25, 0.3) is 0 Å². The van der Waals surface area contributed by atoms with E-state index in [1.807, 2.05) is 31.2 Å². The van der Waals surface area contributed by atoms with Crippen molar-refractivity contribution in [3.8, 4) is 0 Å². The molecular formula is C25H29N3O4S. The molecule has 0 spiro atoms. The van der Waals surface area contributed by atoms with Gasteiger partial charge in [-0.25, -0.2) is 8.42 Å². The average Bonchev–Trinajstić information content (AvgIpc) is 3.25. The minimum absolute atomic E-state index is 0.0150. The van der Waals surface area contributed by atoms with Crippen LogP contribution < -0.4 is 9.80 Å².